The molecule has 6 nitrogen and oxygen atoms in total. The van der Waals surface area contributed by atoms with E-state index in [1.54, 1.807) is 25.6 Å². The highest BCUT2D eigenvalue weighted by molar-refractivity contribution is 14.0. The first-order chi connectivity index (χ1) is 12.5. The van der Waals surface area contributed by atoms with E-state index < -0.39 is 0 Å². The molecule has 3 N–H and O–H groups in total. The topological polar surface area (TPSA) is 81.8 Å². The Labute approximate surface area is 182 Å². The molecule has 0 bridgehead atoms. The minimum absolute atomic E-state index is 0. The summed E-state index contributed by atoms with van der Waals surface area (Å²) in [7, 11) is 3.27. The smallest absolute Gasteiger partial charge is 0.188 e. The summed E-state index contributed by atoms with van der Waals surface area (Å²) in [6, 6.07) is 5.90. The lowest BCUT2D eigenvalue weighted by molar-refractivity contribution is 0.354. The van der Waals surface area contributed by atoms with Crippen LogP contribution in [0.4, 0.5) is 0 Å². The van der Waals surface area contributed by atoms with Gasteiger partial charge in [0, 0.05) is 30.8 Å². The number of hydrogen-bond donors (Lipinski definition) is 2. The van der Waals surface area contributed by atoms with Gasteiger partial charge in [-0.25, -0.2) is 4.98 Å². The van der Waals surface area contributed by atoms with Gasteiger partial charge in [0.25, 0.3) is 0 Å². The molecular formula is C19H29IN4O2S. The fourth-order valence-electron chi connectivity index (χ4n) is 2.42. The summed E-state index contributed by atoms with van der Waals surface area (Å²) in [6.07, 6.45) is 1.63. The van der Waals surface area contributed by atoms with Gasteiger partial charge >= 0.3 is 0 Å². The molecule has 0 amide bonds. The maximum atomic E-state index is 5.93. The lowest BCUT2D eigenvalue weighted by Crippen LogP contribution is -2.33. The summed E-state index contributed by atoms with van der Waals surface area (Å²) < 4.78 is 10.6. The molecule has 1 aromatic carbocycles. The molecule has 1 aromatic heterocycles. The van der Waals surface area contributed by atoms with Crippen molar-refractivity contribution in [3.8, 4) is 11.5 Å². The van der Waals surface area contributed by atoms with Gasteiger partial charge < -0.3 is 20.5 Å². The molecule has 0 fully saturated rings. The standard InChI is InChI=1S/C19H28N4O2S.HI/c1-13(2)18-23-15(12-26-18)8-10-22-19(20)21-9-7-14-5-6-16(24-3)17(11-14)25-4;/h5-6,11-13H,7-10H2,1-4H3,(H3,20,21,22);1H. The highest BCUT2D eigenvalue weighted by Gasteiger charge is 2.06. The molecule has 0 spiro atoms. The van der Waals surface area contributed by atoms with Crippen molar-refractivity contribution in [1.29, 1.82) is 0 Å². The number of ether oxygens (including phenoxy) is 2. The number of hydrogen-bond acceptors (Lipinski definition) is 5. The Morgan fingerprint density at radius 3 is 2.59 bits per heavy atom. The fourth-order valence-corrected chi connectivity index (χ4v) is 3.29. The van der Waals surface area contributed by atoms with Crippen molar-refractivity contribution in [3.63, 3.8) is 0 Å². The molecule has 150 valence electrons. The molecule has 2 rings (SSSR count). The molecular weight excluding hydrogens is 475 g/mol. The third-order valence-corrected chi connectivity index (χ3v) is 5.08. The van der Waals surface area contributed by atoms with E-state index in [4.69, 9.17) is 15.2 Å². The molecule has 27 heavy (non-hydrogen) atoms. The average molecular weight is 504 g/mol. The molecule has 0 atom stereocenters. The minimum atomic E-state index is 0. The van der Waals surface area contributed by atoms with E-state index in [1.807, 2.05) is 18.2 Å². The van der Waals surface area contributed by atoms with Crippen molar-refractivity contribution < 1.29 is 9.47 Å². The number of nitrogens with two attached hydrogens (primary N) is 1. The maximum absolute atomic E-state index is 5.93. The number of nitrogens with zero attached hydrogens (tertiary/aromatic N) is 2. The zero-order valence-electron chi connectivity index (χ0n) is 16.3. The summed E-state index contributed by atoms with van der Waals surface area (Å²) >= 11 is 1.71. The second-order valence-electron chi connectivity index (χ2n) is 6.21. The van der Waals surface area contributed by atoms with Crippen LogP contribution in [-0.4, -0.2) is 38.3 Å². The van der Waals surface area contributed by atoms with Crippen LogP contribution < -0.4 is 20.5 Å². The summed E-state index contributed by atoms with van der Waals surface area (Å²) in [5, 5.41) is 6.42. The van der Waals surface area contributed by atoms with Gasteiger partial charge in [0.05, 0.1) is 24.9 Å². The first kappa shape index (κ1) is 23.5. The molecule has 0 aliphatic rings. The lowest BCUT2D eigenvalue weighted by Gasteiger charge is -2.10. The van der Waals surface area contributed by atoms with E-state index in [0.717, 1.165) is 35.6 Å². The average Bonchev–Trinajstić information content (AvgIpc) is 3.11. The van der Waals surface area contributed by atoms with Crippen molar-refractivity contribution in [2.24, 2.45) is 10.7 Å². The first-order valence-electron chi connectivity index (χ1n) is 8.72. The Morgan fingerprint density at radius 2 is 1.96 bits per heavy atom. The van der Waals surface area contributed by atoms with Gasteiger partial charge in [-0.2, -0.15) is 0 Å². The second-order valence-corrected chi connectivity index (χ2v) is 7.10. The molecule has 0 aliphatic carbocycles. The van der Waals surface area contributed by atoms with Crippen LogP contribution in [-0.2, 0) is 12.8 Å². The van der Waals surface area contributed by atoms with Gasteiger partial charge in [-0.1, -0.05) is 19.9 Å². The highest BCUT2D eigenvalue weighted by atomic mass is 127. The van der Waals surface area contributed by atoms with Gasteiger partial charge in [0.2, 0.25) is 0 Å². The van der Waals surface area contributed by atoms with E-state index in [2.05, 4.69) is 34.5 Å². The number of rotatable bonds is 9. The van der Waals surface area contributed by atoms with Crippen molar-refractivity contribution in [1.82, 2.24) is 10.3 Å². The van der Waals surface area contributed by atoms with Crippen LogP contribution in [0.3, 0.4) is 0 Å². The van der Waals surface area contributed by atoms with Crippen LogP contribution in [0.25, 0.3) is 0 Å². The monoisotopic (exact) mass is 504 g/mol. The van der Waals surface area contributed by atoms with E-state index in [0.29, 0.717) is 25.0 Å². The number of benzene rings is 1. The van der Waals surface area contributed by atoms with Gasteiger partial charge in [-0.05, 0) is 24.1 Å². The number of guanidine groups is 1. The van der Waals surface area contributed by atoms with Crippen molar-refractivity contribution in [2.45, 2.75) is 32.6 Å². The van der Waals surface area contributed by atoms with E-state index in [-0.39, 0.29) is 24.0 Å². The lowest BCUT2D eigenvalue weighted by atomic mass is 10.1. The minimum Gasteiger partial charge on any atom is -0.493 e. The van der Waals surface area contributed by atoms with Crippen LogP contribution >= 0.6 is 35.3 Å². The Balaban J connectivity index is 0.00000364. The fraction of sp³-hybridized carbons (Fsp3) is 0.474. The molecule has 0 unspecified atom stereocenters. The SMILES string of the molecule is COc1ccc(CCNC(N)=NCCc2csc(C(C)C)n2)cc1OC.I. The van der Waals surface area contributed by atoms with Crippen molar-refractivity contribution in [2.75, 3.05) is 27.3 Å². The number of halogens is 1. The Kier molecular flexibility index (Phi) is 10.5. The molecule has 0 radical (unpaired) electrons. The van der Waals surface area contributed by atoms with Crippen LogP contribution in [0.5, 0.6) is 11.5 Å². The normalized spacial score (nSPS) is 11.2. The molecule has 0 saturated carbocycles. The largest absolute Gasteiger partial charge is 0.493 e. The quantitative estimate of drug-likeness (QED) is 0.310. The van der Waals surface area contributed by atoms with E-state index >= 15 is 0 Å². The Bertz CT molecular complexity index is 734. The number of aliphatic imine (C=N–C) groups is 1. The summed E-state index contributed by atoms with van der Waals surface area (Å²) in [5.74, 6) is 2.40. The molecule has 2 aromatic rings. The summed E-state index contributed by atoms with van der Waals surface area (Å²) in [4.78, 5) is 8.97. The maximum Gasteiger partial charge on any atom is 0.188 e. The third-order valence-electron chi connectivity index (χ3n) is 3.88. The van der Waals surface area contributed by atoms with Crippen LogP contribution in [0.15, 0.2) is 28.6 Å². The zero-order valence-corrected chi connectivity index (χ0v) is 19.5. The van der Waals surface area contributed by atoms with E-state index in [1.165, 1.54) is 5.01 Å². The molecule has 0 saturated heterocycles. The third kappa shape index (κ3) is 7.53. The van der Waals surface area contributed by atoms with Gasteiger partial charge in [-0.15, -0.1) is 35.3 Å². The number of methoxy groups -OCH3 is 2. The molecule has 8 heteroatoms. The predicted octanol–water partition coefficient (Wildman–Crippen LogP) is 3.59. The summed E-state index contributed by atoms with van der Waals surface area (Å²) in [6.45, 7) is 5.65. The van der Waals surface area contributed by atoms with Crippen LogP contribution in [0, 0.1) is 0 Å². The summed E-state index contributed by atoms with van der Waals surface area (Å²) in [5.41, 5.74) is 8.16. The first-order valence-corrected chi connectivity index (χ1v) is 9.60. The number of aromatic nitrogens is 1. The Morgan fingerprint density at radius 1 is 1.22 bits per heavy atom. The highest BCUT2D eigenvalue weighted by Crippen LogP contribution is 2.27. The van der Waals surface area contributed by atoms with Crippen molar-refractivity contribution >= 4 is 41.3 Å². The zero-order chi connectivity index (χ0) is 18.9. The van der Waals surface area contributed by atoms with Crippen LogP contribution in [0.2, 0.25) is 0 Å². The van der Waals surface area contributed by atoms with Gasteiger partial charge in [0.1, 0.15) is 0 Å². The van der Waals surface area contributed by atoms with Crippen LogP contribution in [0.1, 0.15) is 36.0 Å². The Hall–Kier alpha value is -1.55. The van der Waals surface area contributed by atoms with E-state index in [9.17, 15) is 0 Å². The molecule has 1 heterocycles. The molecule has 0 aliphatic heterocycles. The second kappa shape index (κ2) is 12.0. The van der Waals surface area contributed by atoms with Crippen molar-refractivity contribution in [3.05, 3.63) is 39.8 Å². The van der Waals surface area contributed by atoms with Gasteiger partial charge in [-0.3, -0.25) is 4.99 Å². The predicted molar refractivity (Wildman–Crippen MR) is 123 cm³/mol. The number of thiazole rings is 1. The van der Waals surface area contributed by atoms with Gasteiger partial charge in [0.15, 0.2) is 17.5 Å². The number of nitrogens with one attached hydrogen (secondary N) is 1.